The fourth-order valence-corrected chi connectivity index (χ4v) is 3.57. The lowest BCUT2D eigenvalue weighted by Crippen LogP contribution is -2.41. The van der Waals surface area contributed by atoms with Crippen molar-refractivity contribution in [2.24, 2.45) is 5.92 Å². The first-order chi connectivity index (χ1) is 13.6. The highest BCUT2D eigenvalue weighted by molar-refractivity contribution is 6.01. The van der Waals surface area contributed by atoms with Crippen molar-refractivity contribution in [3.63, 3.8) is 0 Å². The molecule has 0 aliphatic carbocycles. The van der Waals surface area contributed by atoms with Crippen molar-refractivity contribution in [2.75, 3.05) is 13.1 Å². The molecule has 1 N–H and O–H groups in total. The standard InChI is InChI=1S/C20H20N4O4/c25-19(16-7-9-28-18-6-2-1-5-15(18)10-16)23-8-3-4-14(11-23)12-24-13-17(20(26)27)21-22-24/h1-2,5-7,9-10,13-14H,3-4,8,11-12H2,(H,26,27)/t14-/m0/s1. The monoisotopic (exact) mass is 380 g/mol. The van der Waals surface area contributed by atoms with E-state index in [1.54, 1.807) is 12.3 Å². The number of likely N-dealkylation sites (tertiary alicyclic amines) is 1. The highest BCUT2D eigenvalue weighted by Gasteiger charge is 2.26. The number of rotatable bonds is 4. The average Bonchev–Trinajstić information content (AvgIpc) is 3.06. The van der Waals surface area contributed by atoms with E-state index in [4.69, 9.17) is 9.84 Å². The number of carboxylic acids is 1. The van der Waals surface area contributed by atoms with Crippen molar-refractivity contribution < 1.29 is 19.4 Å². The third kappa shape index (κ3) is 3.80. The summed E-state index contributed by atoms with van der Waals surface area (Å²) in [5, 5.41) is 16.5. The van der Waals surface area contributed by atoms with E-state index in [0.29, 0.717) is 25.2 Å². The maximum Gasteiger partial charge on any atom is 0.358 e. The van der Waals surface area contributed by atoms with Crippen LogP contribution < -0.4 is 4.74 Å². The zero-order valence-corrected chi connectivity index (χ0v) is 15.2. The summed E-state index contributed by atoms with van der Waals surface area (Å²) in [6, 6.07) is 7.58. The minimum atomic E-state index is -1.10. The fourth-order valence-electron chi connectivity index (χ4n) is 3.57. The van der Waals surface area contributed by atoms with E-state index in [1.165, 1.54) is 10.9 Å². The van der Waals surface area contributed by atoms with Crippen LogP contribution in [0.2, 0.25) is 0 Å². The number of para-hydroxylation sites is 1. The number of aromatic nitrogens is 3. The molecular formula is C20H20N4O4. The molecule has 1 atom stereocenters. The Morgan fingerprint density at radius 1 is 1.29 bits per heavy atom. The van der Waals surface area contributed by atoms with Crippen molar-refractivity contribution in [3.05, 3.63) is 59.6 Å². The van der Waals surface area contributed by atoms with Crippen LogP contribution in [-0.2, 0) is 11.3 Å². The second-order valence-corrected chi connectivity index (χ2v) is 6.95. The smallest absolute Gasteiger partial charge is 0.358 e. The Hall–Kier alpha value is -3.42. The average molecular weight is 380 g/mol. The van der Waals surface area contributed by atoms with Gasteiger partial charge in [-0.15, -0.1) is 5.10 Å². The topological polar surface area (TPSA) is 97.5 Å². The van der Waals surface area contributed by atoms with Gasteiger partial charge in [0.15, 0.2) is 5.69 Å². The summed E-state index contributed by atoms with van der Waals surface area (Å²) >= 11 is 0. The number of amides is 1. The van der Waals surface area contributed by atoms with E-state index in [-0.39, 0.29) is 17.5 Å². The number of benzene rings is 1. The molecule has 1 saturated heterocycles. The van der Waals surface area contributed by atoms with Crippen LogP contribution in [0, 0.1) is 5.92 Å². The predicted molar refractivity (Wildman–Crippen MR) is 100 cm³/mol. The van der Waals surface area contributed by atoms with Crippen molar-refractivity contribution in [1.29, 1.82) is 0 Å². The van der Waals surface area contributed by atoms with Crippen molar-refractivity contribution in [2.45, 2.75) is 19.4 Å². The quantitative estimate of drug-likeness (QED) is 0.873. The second kappa shape index (κ2) is 7.67. The molecule has 3 heterocycles. The van der Waals surface area contributed by atoms with Gasteiger partial charge in [-0.05, 0) is 37.0 Å². The van der Waals surface area contributed by atoms with Crippen LogP contribution in [0.3, 0.4) is 0 Å². The SMILES string of the molecule is O=C(O)c1cn(C[C@H]2CCCN(C(=O)C3=Cc4ccccc4OC=C3)C2)nn1. The summed E-state index contributed by atoms with van der Waals surface area (Å²) in [6.45, 7) is 1.82. The Morgan fingerprint density at radius 2 is 2.14 bits per heavy atom. The first kappa shape index (κ1) is 18.0. The van der Waals surface area contributed by atoms with Gasteiger partial charge in [0.25, 0.3) is 5.91 Å². The predicted octanol–water partition coefficient (Wildman–Crippen LogP) is 2.20. The Labute approximate surface area is 161 Å². The molecule has 1 aromatic heterocycles. The lowest BCUT2D eigenvalue weighted by Gasteiger charge is -2.32. The number of ether oxygens (including phenoxy) is 1. The summed E-state index contributed by atoms with van der Waals surface area (Å²) in [5.74, 6) is -0.217. The number of aromatic carboxylic acids is 1. The van der Waals surface area contributed by atoms with Gasteiger partial charge >= 0.3 is 5.97 Å². The van der Waals surface area contributed by atoms with Crippen LogP contribution in [0.25, 0.3) is 6.08 Å². The van der Waals surface area contributed by atoms with Gasteiger partial charge in [0, 0.05) is 30.8 Å². The number of carbonyl (C=O) groups is 2. The van der Waals surface area contributed by atoms with E-state index in [9.17, 15) is 9.59 Å². The van der Waals surface area contributed by atoms with Crippen LogP contribution in [0.15, 0.2) is 48.4 Å². The molecule has 1 aromatic carbocycles. The molecule has 1 amide bonds. The van der Waals surface area contributed by atoms with Crippen molar-refractivity contribution in [1.82, 2.24) is 19.9 Å². The van der Waals surface area contributed by atoms with Crippen LogP contribution >= 0.6 is 0 Å². The maximum absolute atomic E-state index is 13.0. The van der Waals surface area contributed by atoms with Gasteiger partial charge in [-0.25, -0.2) is 4.79 Å². The molecule has 8 heteroatoms. The van der Waals surface area contributed by atoms with E-state index < -0.39 is 5.97 Å². The molecule has 2 aromatic rings. The first-order valence-electron chi connectivity index (χ1n) is 9.17. The molecule has 0 bridgehead atoms. The highest BCUT2D eigenvalue weighted by atomic mass is 16.5. The van der Waals surface area contributed by atoms with Crippen molar-refractivity contribution >= 4 is 18.0 Å². The zero-order valence-electron chi connectivity index (χ0n) is 15.2. The second-order valence-electron chi connectivity index (χ2n) is 6.95. The number of hydrogen-bond donors (Lipinski definition) is 1. The van der Waals surface area contributed by atoms with Crippen LogP contribution in [-0.4, -0.2) is 50.0 Å². The van der Waals surface area contributed by atoms with Gasteiger partial charge in [0.05, 0.1) is 12.5 Å². The molecule has 0 saturated carbocycles. The van der Waals surface area contributed by atoms with E-state index >= 15 is 0 Å². The van der Waals surface area contributed by atoms with E-state index in [2.05, 4.69) is 10.3 Å². The third-order valence-corrected chi connectivity index (χ3v) is 4.93. The van der Waals surface area contributed by atoms with Gasteiger partial charge in [-0.1, -0.05) is 23.4 Å². The largest absolute Gasteiger partial charge is 0.476 e. The van der Waals surface area contributed by atoms with Gasteiger partial charge < -0.3 is 14.7 Å². The number of hydrogen-bond acceptors (Lipinski definition) is 5. The Bertz CT molecular complexity index is 963. The molecule has 144 valence electrons. The lowest BCUT2D eigenvalue weighted by atomic mass is 9.97. The first-order valence-corrected chi connectivity index (χ1v) is 9.17. The number of carboxylic acid groups (broad SMARTS) is 1. The van der Waals surface area contributed by atoms with Crippen LogP contribution in [0.1, 0.15) is 28.9 Å². The highest BCUT2D eigenvalue weighted by Crippen LogP contribution is 2.26. The molecule has 0 unspecified atom stereocenters. The van der Waals surface area contributed by atoms with Crippen LogP contribution in [0.4, 0.5) is 0 Å². The molecule has 4 rings (SSSR count). The van der Waals surface area contributed by atoms with Gasteiger partial charge in [-0.3, -0.25) is 9.48 Å². The summed E-state index contributed by atoms with van der Waals surface area (Å²) in [5.41, 5.74) is 1.38. The molecule has 28 heavy (non-hydrogen) atoms. The third-order valence-electron chi connectivity index (χ3n) is 4.93. The summed E-state index contributed by atoms with van der Waals surface area (Å²) in [4.78, 5) is 25.8. The molecule has 0 spiro atoms. The van der Waals surface area contributed by atoms with E-state index in [1.807, 2.05) is 35.2 Å². The molecule has 8 nitrogen and oxygen atoms in total. The fraction of sp³-hybridized carbons (Fsp3) is 0.300. The van der Waals surface area contributed by atoms with E-state index in [0.717, 1.165) is 24.2 Å². The molecular weight excluding hydrogens is 360 g/mol. The molecule has 2 aliphatic heterocycles. The normalized spacial score (nSPS) is 18.6. The minimum Gasteiger partial charge on any atom is -0.476 e. The van der Waals surface area contributed by atoms with Gasteiger partial charge in [0.2, 0.25) is 0 Å². The Morgan fingerprint density at radius 3 is 2.96 bits per heavy atom. The van der Waals surface area contributed by atoms with Gasteiger partial charge in [0.1, 0.15) is 5.75 Å². The summed E-state index contributed by atoms with van der Waals surface area (Å²) in [6.07, 6.45) is 8.35. The summed E-state index contributed by atoms with van der Waals surface area (Å²) < 4.78 is 7.11. The van der Waals surface area contributed by atoms with Crippen LogP contribution in [0.5, 0.6) is 5.75 Å². The maximum atomic E-state index is 13.0. The number of carbonyl (C=O) groups excluding carboxylic acids is 1. The number of piperidine rings is 1. The zero-order chi connectivity index (χ0) is 19.5. The van der Waals surface area contributed by atoms with Gasteiger partial charge in [-0.2, -0.15) is 0 Å². The molecule has 1 fully saturated rings. The Kier molecular flexibility index (Phi) is 4.92. The molecule has 0 radical (unpaired) electrons. The lowest BCUT2D eigenvalue weighted by molar-refractivity contribution is -0.128. The molecule has 2 aliphatic rings. The summed E-state index contributed by atoms with van der Waals surface area (Å²) in [7, 11) is 0. The number of fused-ring (bicyclic) bond motifs is 1. The Balaban J connectivity index is 1.46. The van der Waals surface area contributed by atoms with Crippen molar-refractivity contribution in [3.8, 4) is 5.75 Å². The number of nitrogens with zero attached hydrogens (tertiary/aromatic N) is 4. The minimum absolute atomic E-state index is 0.0360.